The van der Waals surface area contributed by atoms with Gasteiger partial charge in [-0.05, 0) is 46.4 Å². The maximum Gasteiger partial charge on any atom is 0.151 e. The van der Waals surface area contributed by atoms with Crippen LogP contribution in [0.3, 0.4) is 0 Å². The highest BCUT2D eigenvalue weighted by Gasteiger charge is 2.03. The van der Waals surface area contributed by atoms with Crippen LogP contribution in [-0.2, 0) is 11.2 Å². The van der Waals surface area contributed by atoms with Gasteiger partial charge in [-0.25, -0.2) is 0 Å². The van der Waals surface area contributed by atoms with Crippen molar-refractivity contribution in [2.45, 2.75) is 11.3 Å². The highest BCUT2D eigenvalue weighted by Crippen LogP contribution is 2.16. The van der Waals surface area contributed by atoms with Gasteiger partial charge in [-0.3, -0.25) is 4.79 Å². The van der Waals surface area contributed by atoms with E-state index in [1.54, 1.807) is 0 Å². The Morgan fingerprint density at radius 1 is 1.46 bits per heavy atom. The van der Waals surface area contributed by atoms with Crippen molar-refractivity contribution in [2.75, 3.05) is 5.88 Å². The van der Waals surface area contributed by atoms with E-state index in [0.29, 0.717) is 6.42 Å². The third-order valence-corrected chi connectivity index (χ3v) is 2.67. The fourth-order valence-corrected chi connectivity index (χ4v) is 2.39. The molecule has 0 spiro atoms. The lowest BCUT2D eigenvalue weighted by Crippen LogP contribution is -2.03. The summed E-state index contributed by atoms with van der Waals surface area (Å²) in [6.07, 6.45) is 0.397. The van der Waals surface area contributed by atoms with Gasteiger partial charge < -0.3 is 0 Å². The molecule has 0 atom stereocenters. The SMILES string of the molecule is O=C(CCl)Cc1cc(S)cc(I)c1. The van der Waals surface area contributed by atoms with Crippen LogP contribution < -0.4 is 0 Å². The van der Waals surface area contributed by atoms with Crippen LogP contribution in [0, 0.1) is 3.57 Å². The third-order valence-electron chi connectivity index (χ3n) is 1.49. The van der Waals surface area contributed by atoms with E-state index < -0.39 is 0 Å². The van der Waals surface area contributed by atoms with Gasteiger partial charge in [0.05, 0.1) is 5.88 Å². The number of ketones is 1. The molecule has 0 saturated carbocycles. The highest BCUT2D eigenvalue weighted by molar-refractivity contribution is 14.1. The van der Waals surface area contributed by atoms with Gasteiger partial charge in [0.1, 0.15) is 0 Å². The minimum absolute atomic E-state index is 0.0383. The summed E-state index contributed by atoms with van der Waals surface area (Å²) >= 11 is 11.8. The number of alkyl halides is 1. The minimum Gasteiger partial charge on any atom is -0.298 e. The van der Waals surface area contributed by atoms with Crippen LogP contribution in [0.2, 0.25) is 0 Å². The van der Waals surface area contributed by atoms with Gasteiger partial charge in [-0.2, -0.15) is 0 Å². The second kappa shape index (κ2) is 5.22. The molecule has 0 aromatic heterocycles. The lowest BCUT2D eigenvalue weighted by atomic mass is 10.1. The van der Waals surface area contributed by atoms with Gasteiger partial charge in [-0.15, -0.1) is 24.2 Å². The van der Waals surface area contributed by atoms with Crippen molar-refractivity contribution in [1.82, 2.24) is 0 Å². The molecule has 0 aliphatic carbocycles. The molecular formula is C9H8ClIOS. The number of hydrogen-bond donors (Lipinski definition) is 1. The number of hydrogen-bond acceptors (Lipinski definition) is 2. The molecule has 0 aliphatic rings. The van der Waals surface area contributed by atoms with Gasteiger partial charge in [0.15, 0.2) is 5.78 Å². The Morgan fingerprint density at radius 3 is 2.69 bits per heavy atom. The molecule has 0 heterocycles. The smallest absolute Gasteiger partial charge is 0.151 e. The van der Waals surface area contributed by atoms with E-state index in [0.717, 1.165) is 14.0 Å². The first-order valence-corrected chi connectivity index (χ1v) is 5.74. The quantitative estimate of drug-likeness (QED) is 0.513. The van der Waals surface area contributed by atoms with Crippen molar-refractivity contribution in [1.29, 1.82) is 0 Å². The zero-order chi connectivity index (χ0) is 9.84. The molecule has 70 valence electrons. The van der Waals surface area contributed by atoms with Crippen LogP contribution in [0.25, 0.3) is 0 Å². The zero-order valence-corrected chi connectivity index (χ0v) is 10.6. The average molecular weight is 327 g/mol. The lowest BCUT2D eigenvalue weighted by Gasteiger charge is -2.01. The number of thiol groups is 1. The molecule has 1 nitrogen and oxygen atoms in total. The van der Waals surface area contributed by atoms with Crippen molar-refractivity contribution in [2.24, 2.45) is 0 Å². The molecule has 0 fully saturated rings. The molecule has 0 radical (unpaired) electrons. The molecular weight excluding hydrogens is 319 g/mol. The van der Waals surface area contributed by atoms with E-state index >= 15 is 0 Å². The average Bonchev–Trinajstić information content (AvgIpc) is 2.02. The molecule has 0 aliphatic heterocycles. The van der Waals surface area contributed by atoms with Crippen molar-refractivity contribution in [3.8, 4) is 0 Å². The molecule has 0 amide bonds. The van der Waals surface area contributed by atoms with Crippen molar-refractivity contribution in [3.63, 3.8) is 0 Å². The molecule has 0 saturated heterocycles. The molecule has 1 rings (SSSR count). The van der Waals surface area contributed by atoms with Gasteiger partial charge in [-0.1, -0.05) is 0 Å². The first kappa shape index (κ1) is 11.3. The number of halogens is 2. The highest BCUT2D eigenvalue weighted by atomic mass is 127. The topological polar surface area (TPSA) is 17.1 Å². The maximum absolute atomic E-state index is 11.0. The zero-order valence-electron chi connectivity index (χ0n) is 6.76. The van der Waals surface area contributed by atoms with Crippen molar-refractivity contribution < 1.29 is 4.79 Å². The van der Waals surface area contributed by atoms with Crippen molar-refractivity contribution >= 4 is 52.6 Å². The second-order valence-corrected chi connectivity index (χ2v) is 4.70. The summed E-state index contributed by atoms with van der Waals surface area (Å²) in [6, 6.07) is 5.79. The Labute approximate surface area is 101 Å². The predicted molar refractivity (Wildman–Crippen MR) is 65.8 cm³/mol. The maximum atomic E-state index is 11.0. The molecule has 0 N–H and O–H groups in total. The van der Waals surface area contributed by atoms with Crippen LogP contribution in [0.5, 0.6) is 0 Å². The molecule has 0 unspecified atom stereocenters. The molecule has 0 bridgehead atoms. The van der Waals surface area contributed by atoms with E-state index in [4.69, 9.17) is 11.6 Å². The number of carbonyl (C=O) groups excluding carboxylic acids is 1. The van der Waals surface area contributed by atoms with E-state index in [2.05, 4.69) is 35.2 Å². The number of Topliss-reactive ketones (excluding diaryl/α,β-unsaturated/α-hetero) is 1. The van der Waals surface area contributed by atoms with Crippen LogP contribution >= 0.6 is 46.8 Å². The summed E-state index contributed by atoms with van der Waals surface area (Å²) < 4.78 is 1.09. The summed E-state index contributed by atoms with van der Waals surface area (Å²) in [5.74, 6) is 0.115. The van der Waals surface area contributed by atoms with Crippen LogP contribution in [-0.4, -0.2) is 11.7 Å². The minimum atomic E-state index is 0.0383. The Hall–Kier alpha value is 0.260. The number of benzene rings is 1. The van der Waals surface area contributed by atoms with Crippen LogP contribution in [0.1, 0.15) is 5.56 Å². The largest absolute Gasteiger partial charge is 0.298 e. The Morgan fingerprint density at radius 2 is 2.15 bits per heavy atom. The van der Waals surface area contributed by atoms with E-state index in [-0.39, 0.29) is 11.7 Å². The first-order chi connectivity index (χ1) is 6.11. The molecule has 1 aromatic carbocycles. The number of rotatable bonds is 3. The third kappa shape index (κ3) is 3.87. The lowest BCUT2D eigenvalue weighted by molar-refractivity contribution is -0.116. The fraction of sp³-hybridized carbons (Fsp3) is 0.222. The van der Waals surface area contributed by atoms with Gasteiger partial charge in [0.25, 0.3) is 0 Å². The summed E-state index contributed by atoms with van der Waals surface area (Å²) in [5.41, 5.74) is 0.975. The van der Waals surface area contributed by atoms with E-state index in [1.807, 2.05) is 18.2 Å². The van der Waals surface area contributed by atoms with Gasteiger partial charge in [0.2, 0.25) is 0 Å². The second-order valence-electron chi connectivity index (χ2n) is 2.67. The van der Waals surface area contributed by atoms with Crippen LogP contribution in [0.4, 0.5) is 0 Å². The molecule has 13 heavy (non-hydrogen) atoms. The molecule has 1 aromatic rings. The summed E-state index contributed by atoms with van der Waals surface area (Å²) in [4.78, 5) is 11.9. The first-order valence-electron chi connectivity index (χ1n) is 3.68. The number of carbonyl (C=O) groups is 1. The fourth-order valence-electron chi connectivity index (χ4n) is 1.01. The van der Waals surface area contributed by atoms with Crippen molar-refractivity contribution in [3.05, 3.63) is 27.3 Å². The summed E-state index contributed by atoms with van der Waals surface area (Å²) in [6.45, 7) is 0. The van der Waals surface area contributed by atoms with Gasteiger partial charge in [0, 0.05) is 14.9 Å². The Balaban J connectivity index is 2.83. The van der Waals surface area contributed by atoms with Crippen LogP contribution in [0.15, 0.2) is 23.1 Å². The van der Waals surface area contributed by atoms with E-state index in [9.17, 15) is 4.79 Å². The Kier molecular flexibility index (Phi) is 4.55. The van der Waals surface area contributed by atoms with Gasteiger partial charge >= 0.3 is 0 Å². The normalized spacial score (nSPS) is 10.1. The van der Waals surface area contributed by atoms with E-state index in [1.165, 1.54) is 0 Å². The summed E-state index contributed by atoms with van der Waals surface area (Å²) in [5, 5.41) is 0. The standard InChI is InChI=1S/C9H8ClIOS/c10-5-8(12)2-6-1-7(11)4-9(13)3-6/h1,3-4,13H,2,5H2. The summed E-state index contributed by atoms with van der Waals surface area (Å²) in [7, 11) is 0. The predicted octanol–water partition coefficient (Wildman–Crippen LogP) is 2.93. The molecule has 4 heteroatoms. The Bertz CT molecular complexity index is 307. The monoisotopic (exact) mass is 326 g/mol.